The normalized spacial score (nSPS) is 19.0. The lowest BCUT2D eigenvalue weighted by Crippen LogP contribution is -2.34. The van der Waals surface area contributed by atoms with Crippen molar-refractivity contribution >= 4 is 28.9 Å². The summed E-state index contributed by atoms with van der Waals surface area (Å²) in [6.07, 6.45) is 3.48. The fourth-order valence-corrected chi connectivity index (χ4v) is 2.84. The van der Waals surface area contributed by atoms with E-state index >= 15 is 0 Å². The largest absolute Gasteiger partial charge is 0.397 e. The molecule has 1 aromatic rings. The number of amides is 1. The van der Waals surface area contributed by atoms with Crippen molar-refractivity contribution in [2.75, 3.05) is 30.7 Å². The summed E-state index contributed by atoms with van der Waals surface area (Å²) in [5, 5.41) is 3.42. The van der Waals surface area contributed by atoms with E-state index in [1.165, 1.54) is 6.42 Å². The smallest absolute Gasteiger partial charge is 0.238 e. The lowest BCUT2D eigenvalue weighted by atomic mass is 9.85. The zero-order valence-corrected chi connectivity index (χ0v) is 13.5. The van der Waals surface area contributed by atoms with Gasteiger partial charge < -0.3 is 11.1 Å². The van der Waals surface area contributed by atoms with Crippen molar-refractivity contribution in [3.8, 4) is 0 Å². The molecule has 5 heteroatoms. The van der Waals surface area contributed by atoms with Gasteiger partial charge in [-0.05, 0) is 56.0 Å². The molecule has 1 aliphatic heterocycles. The molecule has 0 bridgehead atoms. The molecule has 0 radical (unpaired) electrons. The van der Waals surface area contributed by atoms with Crippen molar-refractivity contribution in [2.24, 2.45) is 5.41 Å². The molecule has 0 aliphatic carbocycles. The van der Waals surface area contributed by atoms with Crippen LogP contribution in [0.3, 0.4) is 0 Å². The van der Waals surface area contributed by atoms with Crippen LogP contribution in [-0.2, 0) is 4.79 Å². The number of hydrogen-bond donors (Lipinski definition) is 2. The molecule has 1 fully saturated rings. The van der Waals surface area contributed by atoms with Gasteiger partial charge in [0, 0.05) is 5.02 Å². The van der Waals surface area contributed by atoms with Crippen molar-refractivity contribution in [3.63, 3.8) is 0 Å². The SMILES string of the molecule is CC1(C)CCCN(CC(=O)Nc2cc(Cl)ccc2N)CC1. The number of carbonyl (C=O) groups excluding carboxylic acids is 1. The summed E-state index contributed by atoms with van der Waals surface area (Å²) >= 11 is 5.93. The standard InChI is InChI=1S/C16H24ClN3O/c1-16(2)6-3-8-20(9-7-16)11-15(21)19-14-10-12(17)4-5-13(14)18/h4-5,10H,3,6-9,11,18H2,1-2H3,(H,19,21). The number of halogens is 1. The Kier molecular flexibility index (Phi) is 5.12. The highest BCUT2D eigenvalue weighted by molar-refractivity contribution is 6.31. The first kappa shape index (κ1) is 16.1. The first-order chi connectivity index (χ1) is 9.85. The molecule has 1 heterocycles. The van der Waals surface area contributed by atoms with Gasteiger partial charge in [-0.1, -0.05) is 25.4 Å². The van der Waals surface area contributed by atoms with E-state index in [-0.39, 0.29) is 5.91 Å². The van der Waals surface area contributed by atoms with Gasteiger partial charge in [0.25, 0.3) is 0 Å². The Bertz CT molecular complexity index is 516. The molecule has 0 unspecified atom stereocenters. The first-order valence-corrected chi connectivity index (χ1v) is 7.81. The van der Waals surface area contributed by atoms with Crippen LogP contribution in [0.2, 0.25) is 5.02 Å². The first-order valence-electron chi connectivity index (χ1n) is 7.43. The predicted molar refractivity (Wildman–Crippen MR) is 88.6 cm³/mol. The van der Waals surface area contributed by atoms with Crippen LogP contribution in [-0.4, -0.2) is 30.4 Å². The second-order valence-corrected chi connectivity index (χ2v) is 7.01. The molecule has 2 rings (SSSR count). The Morgan fingerprint density at radius 3 is 2.90 bits per heavy atom. The van der Waals surface area contributed by atoms with Crippen molar-refractivity contribution in [3.05, 3.63) is 23.2 Å². The van der Waals surface area contributed by atoms with Crippen LogP contribution in [0.5, 0.6) is 0 Å². The zero-order chi connectivity index (χ0) is 15.5. The van der Waals surface area contributed by atoms with E-state index < -0.39 is 0 Å². The van der Waals surface area contributed by atoms with Crippen molar-refractivity contribution < 1.29 is 4.79 Å². The monoisotopic (exact) mass is 309 g/mol. The van der Waals surface area contributed by atoms with Gasteiger partial charge in [-0.3, -0.25) is 9.69 Å². The summed E-state index contributed by atoms with van der Waals surface area (Å²) < 4.78 is 0. The second-order valence-electron chi connectivity index (χ2n) is 6.57. The number of anilines is 2. The van der Waals surface area contributed by atoms with Crippen LogP contribution in [0, 0.1) is 5.41 Å². The topological polar surface area (TPSA) is 58.4 Å². The van der Waals surface area contributed by atoms with Crippen LogP contribution >= 0.6 is 11.6 Å². The Morgan fingerprint density at radius 2 is 2.14 bits per heavy atom. The quantitative estimate of drug-likeness (QED) is 0.842. The number of nitrogen functional groups attached to an aromatic ring is 1. The number of benzene rings is 1. The van der Waals surface area contributed by atoms with E-state index in [0.717, 1.165) is 25.9 Å². The number of carbonyl (C=O) groups is 1. The number of nitrogens with two attached hydrogens (primary N) is 1. The molecule has 0 spiro atoms. The third kappa shape index (κ3) is 4.90. The van der Waals surface area contributed by atoms with Crippen molar-refractivity contribution in [2.45, 2.75) is 33.1 Å². The van der Waals surface area contributed by atoms with Gasteiger partial charge in [0.2, 0.25) is 5.91 Å². The Labute approximate surface area is 131 Å². The highest BCUT2D eigenvalue weighted by atomic mass is 35.5. The summed E-state index contributed by atoms with van der Waals surface area (Å²) in [6, 6.07) is 5.09. The third-order valence-corrected chi connectivity index (χ3v) is 4.32. The van der Waals surface area contributed by atoms with Gasteiger partial charge >= 0.3 is 0 Å². The molecule has 0 atom stereocenters. The Morgan fingerprint density at radius 1 is 1.38 bits per heavy atom. The van der Waals surface area contributed by atoms with Crippen LogP contribution in [0.15, 0.2) is 18.2 Å². The fraction of sp³-hybridized carbons (Fsp3) is 0.562. The predicted octanol–water partition coefficient (Wildman–Crippen LogP) is 3.37. The molecule has 0 aromatic heterocycles. The van der Waals surface area contributed by atoms with E-state index in [9.17, 15) is 4.79 Å². The minimum absolute atomic E-state index is 0.0383. The lowest BCUT2D eigenvalue weighted by Gasteiger charge is -2.23. The molecule has 4 nitrogen and oxygen atoms in total. The molecule has 3 N–H and O–H groups in total. The summed E-state index contributed by atoms with van der Waals surface area (Å²) in [7, 11) is 0. The zero-order valence-electron chi connectivity index (χ0n) is 12.8. The molecule has 1 aromatic carbocycles. The number of rotatable bonds is 3. The van der Waals surface area contributed by atoms with Crippen LogP contribution in [0.4, 0.5) is 11.4 Å². The molecule has 1 amide bonds. The molecule has 116 valence electrons. The molecule has 21 heavy (non-hydrogen) atoms. The third-order valence-electron chi connectivity index (χ3n) is 4.09. The number of nitrogens with one attached hydrogen (secondary N) is 1. The van der Waals surface area contributed by atoms with E-state index in [4.69, 9.17) is 17.3 Å². The second kappa shape index (κ2) is 6.67. The summed E-state index contributed by atoms with van der Waals surface area (Å²) in [6.45, 7) is 6.93. The van der Waals surface area contributed by atoms with E-state index in [1.54, 1.807) is 18.2 Å². The van der Waals surface area contributed by atoms with Gasteiger partial charge in [-0.15, -0.1) is 0 Å². The van der Waals surface area contributed by atoms with Gasteiger partial charge in [-0.2, -0.15) is 0 Å². The molecule has 1 saturated heterocycles. The highest BCUT2D eigenvalue weighted by Gasteiger charge is 2.24. The molecular formula is C16H24ClN3O. The highest BCUT2D eigenvalue weighted by Crippen LogP contribution is 2.29. The minimum atomic E-state index is -0.0383. The molecule has 0 saturated carbocycles. The van der Waals surface area contributed by atoms with Crippen molar-refractivity contribution in [1.82, 2.24) is 4.90 Å². The maximum Gasteiger partial charge on any atom is 0.238 e. The van der Waals surface area contributed by atoms with E-state index in [0.29, 0.717) is 28.4 Å². The van der Waals surface area contributed by atoms with Crippen molar-refractivity contribution in [1.29, 1.82) is 0 Å². The average Bonchev–Trinajstić information content (AvgIpc) is 2.55. The summed E-state index contributed by atoms with van der Waals surface area (Å²) in [4.78, 5) is 14.4. The lowest BCUT2D eigenvalue weighted by molar-refractivity contribution is -0.117. The van der Waals surface area contributed by atoms with Crippen LogP contribution < -0.4 is 11.1 Å². The van der Waals surface area contributed by atoms with Crippen LogP contribution in [0.1, 0.15) is 33.1 Å². The van der Waals surface area contributed by atoms with Gasteiger partial charge in [0.1, 0.15) is 0 Å². The summed E-state index contributed by atoms with van der Waals surface area (Å²) in [5.74, 6) is -0.0383. The van der Waals surface area contributed by atoms with E-state index in [2.05, 4.69) is 24.1 Å². The Hall–Kier alpha value is -1.26. The van der Waals surface area contributed by atoms with Gasteiger partial charge in [-0.25, -0.2) is 0 Å². The Balaban J connectivity index is 1.91. The minimum Gasteiger partial charge on any atom is -0.397 e. The van der Waals surface area contributed by atoms with Gasteiger partial charge in [0.15, 0.2) is 0 Å². The average molecular weight is 310 g/mol. The number of nitrogens with zero attached hydrogens (tertiary/aromatic N) is 1. The molecule has 1 aliphatic rings. The summed E-state index contributed by atoms with van der Waals surface area (Å²) in [5.41, 5.74) is 7.34. The number of hydrogen-bond acceptors (Lipinski definition) is 3. The maximum absolute atomic E-state index is 12.2. The number of likely N-dealkylation sites (tertiary alicyclic amines) is 1. The molecular weight excluding hydrogens is 286 g/mol. The maximum atomic E-state index is 12.2. The van der Waals surface area contributed by atoms with E-state index in [1.807, 2.05) is 0 Å². The van der Waals surface area contributed by atoms with Gasteiger partial charge in [0.05, 0.1) is 17.9 Å². The van der Waals surface area contributed by atoms with Crippen LogP contribution in [0.25, 0.3) is 0 Å². The fourth-order valence-electron chi connectivity index (χ4n) is 2.67.